The monoisotopic (exact) mass is 453 g/mol. The van der Waals surface area contributed by atoms with Crippen LogP contribution in [0.15, 0.2) is 30.3 Å². The topological polar surface area (TPSA) is 85.3 Å². The van der Waals surface area contributed by atoms with Crippen LogP contribution in [0.1, 0.15) is 12.0 Å². The fourth-order valence-electron chi connectivity index (χ4n) is 3.88. The Labute approximate surface area is 182 Å². The number of rotatable bonds is 4. The van der Waals surface area contributed by atoms with E-state index in [4.69, 9.17) is 16.3 Å². The van der Waals surface area contributed by atoms with Gasteiger partial charge in [0.15, 0.2) is 11.6 Å². The molecule has 0 saturated carbocycles. The lowest BCUT2D eigenvalue weighted by molar-refractivity contribution is -0.109. The Balaban J connectivity index is 1.47. The molecule has 2 amide bonds. The molecule has 2 heterocycles. The molecule has 0 unspecified atom stereocenters. The molecule has 4 rings (SSSR count). The standard InChI is InChI=1S/C21H22ClF2N3O4/c1-26-9-13-16(25-20(26)29)3-2-4-17(13)31-11-21(30)5-6-27(10-18(21)28)19-14(23)7-12(22)8-15(19)24/h2-4,7-8,18,28,30H,5-6,9-11H2,1H3,(H,25,29)/t18-,21-/m1/s1. The fraction of sp³-hybridized carbons (Fsp3) is 0.381. The second kappa shape index (κ2) is 8.14. The number of hydrogen-bond donors (Lipinski definition) is 3. The predicted molar refractivity (Wildman–Crippen MR) is 112 cm³/mol. The van der Waals surface area contributed by atoms with Crippen molar-refractivity contribution < 1.29 is 28.5 Å². The van der Waals surface area contributed by atoms with Crippen LogP contribution in [0.2, 0.25) is 5.02 Å². The fourth-order valence-corrected chi connectivity index (χ4v) is 4.07. The Morgan fingerprint density at radius 1 is 1.32 bits per heavy atom. The van der Waals surface area contributed by atoms with Gasteiger partial charge in [0.05, 0.1) is 12.2 Å². The van der Waals surface area contributed by atoms with E-state index in [2.05, 4.69) is 5.32 Å². The zero-order valence-electron chi connectivity index (χ0n) is 16.7. The number of benzene rings is 2. The summed E-state index contributed by atoms with van der Waals surface area (Å²) in [6, 6.07) is 6.97. The van der Waals surface area contributed by atoms with E-state index < -0.39 is 23.3 Å². The molecule has 2 aromatic rings. The van der Waals surface area contributed by atoms with Crippen LogP contribution in [0.25, 0.3) is 0 Å². The molecule has 2 aliphatic rings. The molecule has 3 N–H and O–H groups in total. The molecular formula is C21H22ClF2N3O4. The molecule has 7 nitrogen and oxygen atoms in total. The molecule has 2 aliphatic heterocycles. The summed E-state index contributed by atoms with van der Waals surface area (Å²) in [5.41, 5.74) is -0.521. The number of carbonyl (C=O) groups is 1. The van der Waals surface area contributed by atoms with Gasteiger partial charge >= 0.3 is 6.03 Å². The molecule has 0 aromatic heterocycles. The lowest BCUT2D eigenvalue weighted by Crippen LogP contribution is -2.58. The second-order valence-electron chi connectivity index (χ2n) is 7.89. The summed E-state index contributed by atoms with van der Waals surface area (Å²) in [6.07, 6.45) is -1.28. The lowest BCUT2D eigenvalue weighted by Gasteiger charge is -2.43. The van der Waals surface area contributed by atoms with Crippen LogP contribution in [-0.2, 0) is 6.54 Å². The summed E-state index contributed by atoms with van der Waals surface area (Å²) in [4.78, 5) is 14.7. The quantitative estimate of drug-likeness (QED) is 0.662. The van der Waals surface area contributed by atoms with E-state index in [1.165, 1.54) is 9.80 Å². The van der Waals surface area contributed by atoms with E-state index in [9.17, 15) is 23.8 Å². The molecule has 2 atom stereocenters. The Hall–Kier alpha value is -2.62. The van der Waals surface area contributed by atoms with E-state index in [0.29, 0.717) is 18.0 Å². The normalized spacial score (nSPS) is 23.4. The number of carbonyl (C=O) groups excluding carboxylic acids is 1. The van der Waals surface area contributed by atoms with Gasteiger partial charge in [0.2, 0.25) is 0 Å². The van der Waals surface area contributed by atoms with Crippen molar-refractivity contribution in [3.05, 3.63) is 52.6 Å². The van der Waals surface area contributed by atoms with Gasteiger partial charge in [-0.3, -0.25) is 0 Å². The first-order valence-corrected chi connectivity index (χ1v) is 10.1. The van der Waals surface area contributed by atoms with Crippen LogP contribution < -0.4 is 15.0 Å². The highest BCUT2D eigenvalue weighted by Gasteiger charge is 2.43. The SMILES string of the molecule is CN1Cc2c(cccc2OC[C@]2(O)CCN(c3c(F)cc(Cl)cc3F)C[C@H]2O)NC1=O. The number of aliphatic hydroxyl groups is 2. The summed E-state index contributed by atoms with van der Waals surface area (Å²) in [6.45, 7) is 0.0437. The summed E-state index contributed by atoms with van der Waals surface area (Å²) in [7, 11) is 1.65. The number of fused-ring (bicyclic) bond motifs is 1. The van der Waals surface area contributed by atoms with Crippen LogP contribution in [-0.4, -0.2) is 59.6 Å². The van der Waals surface area contributed by atoms with E-state index in [0.717, 1.165) is 17.7 Å². The third-order valence-electron chi connectivity index (χ3n) is 5.72. The third kappa shape index (κ3) is 4.13. The van der Waals surface area contributed by atoms with Crippen molar-refractivity contribution in [1.82, 2.24) is 4.90 Å². The largest absolute Gasteiger partial charge is 0.490 e. The first-order valence-electron chi connectivity index (χ1n) is 9.75. The average molecular weight is 454 g/mol. The van der Waals surface area contributed by atoms with Crippen LogP contribution in [0.3, 0.4) is 0 Å². The number of hydrogen-bond acceptors (Lipinski definition) is 5. The molecule has 31 heavy (non-hydrogen) atoms. The second-order valence-corrected chi connectivity index (χ2v) is 8.33. The van der Waals surface area contributed by atoms with Crippen LogP contribution in [0.5, 0.6) is 5.75 Å². The van der Waals surface area contributed by atoms with Crippen molar-refractivity contribution >= 4 is 29.0 Å². The number of urea groups is 1. The van der Waals surface area contributed by atoms with Gasteiger partial charge < -0.3 is 30.1 Å². The number of β-amino-alcohol motifs (C(OH)–C–C–N with tert-alkyl or cyclic N) is 1. The molecule has 0 spiro atoms. The number of anilines is 2. The summed E-state index contributed by atoms with van der Waals surface area (Å²) in [5, 5.41) is 24.2. The predicted octanol–water partition coefficient (Wildman–Crippen LogP) is 2.98. The van der Waals surface area contributed by atoms with Gasteiger partial charge in [0.25, 0.3) is 0 Å². The highest BCUT2D eigenvalue weighted by Crippen LogP contribution is 2.35. The van der Waals surface area contributed by atoms with Gasteiger partial charge in [-0.1, -0.05) is 17.7 Å². The Morgan fingerprint density at radius 2 is 2.03 bits per heavy atom. The highest BCUT2D eigenvalue weighted by molar-refractivity contribution is 6.30. The van der Waals surface area contributed by atoms with Gasteiger partial charge in [0, 0.05) is 30.7 Å². The number of amides is 2. The van der Waals surface area contributed by atoms with Gasteiger partial charge in [-0.05, 0) is 30.7 Å². The number of ether oxygens (including phenoxy) is 1. The van der Waals surface area contributed by atoms with Crippen LogP contribution in [0.4, 0.5) is 25.0 Å². The first-order chi connectivity index (χ1) is 14.7. The minimum Gasteiger partial charge on any atom is -0.490 e. The Morgan fingerprint density at radius 3 is 2.71 bits per heavy atom. The molecule has 1 saturated heterocycles. The zero-order valence-corrected chi connectivity index (χ0v) is 17.5. The van der Waals surface area contributed by atoms with Crippen LogP contribution in [0, 0.1) is 11.6 Å². The molecule has 0 bridgehead atoms. The number of nitrogens with one attached hydrogen (secondary N) is 1. The zero-order chi connectivity index (χ0) is 22.3. The van der Waals surface area contributed by atoms with E-state index in [-0.39, 0.29) is 42.9 Å². The van der Waals surface area contributed by atoms with Gasteiger partial charge in [0.1, 0.15) is 29.7 Å². The maximum atomic E-state index is 14.2. The van der Waals surface area contributed by atoms with Crippen molar-refractivity contribution in [3.63, 3.8) is 0 Å². The van der Waals surface area contributed by atoms with E-state index in [1.807, 2.05) is 0 Å². The summed E-state index contributed by atoms with van der Waals surface area (Å²) >= 11 is 5.67. The Bertz CT molecular complexity index is 1000. The minimum absolute atomic E-state index is 0.0291. The van der Waals surface area contributed by atoms with Crippen molar-refractivity contribution in [1.29, 1.82) is 0 Å². The third-order valence-corrected chi connectivity index (χ3v) is 5.94. The molecule has 2 aromatic carbocycles. The maximum Gasteiger partial charge on any atom is 0.321 e. The summed E-state index contributed by atoms with van der Waals surface area (Å²) < 4.78 is 34.3. The average Bonchev–Trinajstić information content (AvgIpc) is 2.69. The van der Waals surface area contributed by atoms with Gasteiger partial charge in [-0.2, -0.15) is 0 Å². The van der Waals surface area contributed by atoms with Crippen molar-refractivity contribution in [2.45, 2.75) is 24.7 Å². The molecule has 0 aliphatic carbocycles. The molecule has 1 fully saturated rings. The van der Waals surface area contributed by atoms with Gasteiger partial charge in [-0.25, -0.2) is 13.6 Å². The lowest BCUT2D eigenvalue weighted by atomic mass is 9.89. The van der Waals surface area contributed by atoms with E-state index in [1.54, 1.807) is 25.2 Å². The number of nitrogens with zero attached hydrogens (tertiary/aromatic N) is 2. The van der Waals surface area contributed by atoms with Gasteiger partial charge in [-0.15, -0.1) is 0 Å². The smallest absolute Gasteiger partial charge is 0.321 e. The maximum absolute atomic E-state index is 14.2. The van der Waals surface area contributed by atoms with Crippen molar-refractivity contribution in [2.75, 3.05) is 37.0 Å². The number of halogens is 3. The minimum atomic E-state index is -1.61. The highest BCUT2D eigenvalue weighted by atomic mass is 35.5. The molecule has 10 heteroatoms. The Kier molecular flexibility index (Phi) is 5.67. The van der Waals surface area contributed by atoms with Crippen molar-refractivity contribution in [3.8, 4) is 5.75 Å². The van der Waals surface area contributed by atoms with E-state index >= 15 is 0 Å². The molecular weight excluding hydrogens is 432 g/mol. The van der Waals surface area contributed by atoms with Crippen LogP contribution >= 0.6 is 11.6 Å². The summed E-state index contributed by atoms with van der Waals surface area (Å²) in [5.74, 6) is -1.19. The molecule has 0 radical (unpaired) electrons. The number of aliphatic hydroxyl groups excluding tert-OH is 1. The van der Waals surface area contributed by atoms with Crippen molar-refractivity contribution in [2.24, 2.45) is 0 Å². The molecule has 166 valence electrons. The first kappa shape index (κ1) is 21.6. The number of piperidine rings is 1.